The van der Waals surface area contributed by atoms with E-state index in [0.717, 1.165) is 31.0 Å². The zero-order valence-electron chi connectivity index (χ0n) is 7.17. The third-order valence-corrected chi connectivity index (χ3v) is 2.29. The summed E-state index contributed by atoms with van der Waals surface area (Å²) in [5.74, 6) is 0. The van der Waals surface area contributed by atoms with Crippen molar-refractivity contribution in [1.82, 2.24) is 15.1 Å². The number of aromatic nitrogens is 2. The Balaban J connectivity index is 2.46. The highest BCUT2D eigenvalue weighted by atomic mass is 16.3. The second-order valence-electron chi connectivity index (χ2n) is 2.95. The molecule has 0 fully saturated rings. The molecular weight excluding hydrogens is 154 g/mol. The molecule has 4 nitrogen and oxygen atoms in total. The van der Waals surface area contributed by atoms with E-state index in [9.17, 15) is 0 Å². The fraction of sp³-hybridized carbons (Fsp3) is 0.625. The molecule has 0 unspecified atom stereocenters. The average molecular weight is 167 g/mol. The highest BCUT2D eigenvalue weighted by Crippen LogP contribution is 2.18. The van der Waals surface area contributed by atoms with Gasteiger partial charge in [-0.2, -0.15) is 5.10 Å². The number of nitrogens with zero attached hydrogens (tertiary/aromatic N) is 2. The zero-order valence-corrected chi connectivity index (χ0v) is 7.17. The van der Waals surface area contributed by atoms with Crippen LogP contribution in [-0.2, 0) is 26.2 Å². The number of nitrogens with one attached hydrogen (secondary N) is 1. The first kappa shape index (κ1) is 7.76. The van der Waals surface area contributed by atoms with Crippen molar-refractivity contribution < 1.29 is 5.11 Å². The van der Waals surface area contributed by atoms with Crippen molar-refractivity contribution in [3.8, 4) is 0 Å². The Kier molecular flexibility index (Phi) is 1.86. The van der Waals surface area contributed by atoms with Crippen LogP contribution in [0.2, 0.25) is 0 Å². The predicted octanol–water partition coefficient (Wildman–Crippen LogP) is -0.00150. The largest absolute Gasteiger partial charge is 0.390 e. The number of rotatable bonds is 2. The summed E-state index contributed by atoms with van der Waals surface area (Å²) in [6, 6.07) is 0. The summed E-state index contributed by atoms with van der Waals surface area (Å²) in [4.78, 5) is 0. The van der Waals surface area contributed by atoms with Crippen molar-refractivity contribution >= 4 is 0 Å². The van der Waals surface area contributed by atoms with E-state index in [1.54, 1.807) is 0 Å². The van der Waals surface area contributed by atoms with Crippen molar-refractivity contribution in [2.24, 2.45) is 0 Å². The summed E-state index contributed by atoms with van der Waals surface area (Å²) < 4.78 is 1.88. The molecular formula is C8H13N3O. The van der Waals surface area contributed by atoms with E-state index in [2.05, 4.69) is 10.4 Å². The summed E-state index contributed by atoms with van der Waals surface area (Å²) in [5, 5.41) is 16.7. The van der Waals surface area contributed by atoms with Gasteiger partial charge in [-0.15, -0.1) is 0 Å². The molecule has 0 atom stereocenters. The van der Waals surface area contributed by atoms with Gasteiger partial charge < -0.3 is 10.4 Å². The molecule has 1 aromatic rings. The van der Waals surface area contributed by atoms with Crippen molar-refractivity contribution in [2.45, 2.75) is 33.2 Å². The Labute approximate surface area is 71.2 Å². The summed E-state index contributed by atoms with van der Waals surface area (Å²) in [6.45, 7) is 4.66. The fourth-order valence-corrected chi connectivity index (χ4v) is 1.68. The van der Waals surface area contributed by atoms with Crippen molar-refractivity contribution in [3.63, 3.8) is 0 Å². The smallest absolute Gasteiger partial charge is 0.0853 e. The Morgan fingerprint density at radius 2 is 2.42 bits per heavy atom. The SMILES string of the molecule is CCn1nc2c(c1CO)CNC2. The molecule has 0 amide bonds. The van der Waals surface area contributed by atoms with Gasteiger partial charge in [0.15, 0.2) is 0 Å². The van der Waals surface area contributed by atoms with Gasteiger partial charge in [0.1, 0.15) is 0 Å². The summed E-state index contributed by atoms with van der Waals surface area (Å²) in [5.41, 5.74) is 3.26. The highest BCUT2D eigenvalue weighted by Gasteiger charge is 2.19. The van der Waals surface area contributed by atoms with Crippen molar-refractivity contribution in [2.75, 3.05) is 0 Å². The van der Waals surface area contributed by atoms with E-state index in [1.807, 2.05) is 11.6 Å². The quantitative estimate of drug-likeness (QED) is 0.651. The molecule has 0 saturated carbocycles. The highest BCUT2D eigenvalue weighted by molar-refractivity contribution is 5.29. The van der Waals surface area contributed by atoms with Crippen LogP contribution in [0.5, 0.6) is 0 Å². The number of aliphatic hydroxyl groups is 1. The lowest BCUT2D eigenvalue weighted by atomic mass is 10.2. The maximum atomic E-state index is 9.11. The molecule has 0 aromatic carbocycles. The third kappa shape index (κ3) is 0.956. The van der Waals surface area contributed by atoms with Gasteiger partial charge in [-0.1, -0.05) is 0 Å². The predicted molar refractivity (Wildman–Crippen MR) is 44.4 cm³/mol. The summed E-state index contributed by atoms with van der Waals surface area (Å²) in [7, 11) is 0. The van der Waals surface area contributed by atoms with Gasteiger partial charge in [-0.3, -0.25) is 4.68 Å². The zero-order chi connectivity index (χ0) is 8.55. The first-order chi connectivity index (χ1) is 5.86. The normalized spacial score (nSPS) is 15.2. The van der Waals surface area contributed by atoms with Crippen molar-refractivity contribution in [3.05, 3.63) is 17.0 Å². The van der Waals surface area contributed by atoms with E-state index in [0.29, 0.717) is 0 Å². The molecule has 0 radical (unpaired) electrons. The Hall–Kier alpha value is -0.870. The van der Waals surface area contributed by atoms with Crippen LogP contribution in [0.25, 0.3) is 0 Å². The minimum atomic E-state index is 0.0951. The minimum Gasteiger partial charge on any atom is -0.390 e. The van der Waals surface area contributed by atoms with Crippen LogP contribution < -0.4 is 5.32 Å². The van der Waals surface area contributed by atoms with Crippen LogP contribution in [0.3, 0.4) is 0 Å². The Bertz CT molecular complexity index is 293. The molecule has 4 heteroatoms. The van der Waals surface area contributed by atoms with Crippen LogP contribution in [0, 0.1) is 0 Å². The molecule has 2 N–H and O–H groups in total. The molecule has 1 aliphatic heterocycles. The van der Waals surface area contributed by atoms with Crippen LogP contribution in [0.15, 0.2) is 0 Å². The fourth-order valence-electron chi connectivity index (χ4n) is 1.68. The number of aliphatic hydroxyl groups excluding tert-OH is 1. The number of hydrogen-bond donors (Lipinski definition) is 2. The van der Waals surface area contributed by atoms with E-state index < -0.39 is 0 Å². The Morgan fingerprint density at radius 3 is 3.08 bits per heavy atom. The lowest BCUT2D eigenvalue weighted by Crippen LogP contribution is -2.09. The van der Waals surface area contributed by atoms with Gasteiger partial charge in [-0.05, 0) is 6.92 Å². The maximum Gasteiger partial charge on any atom is 0.0853 e. The second kappa shape index (κ2) is 2.88. The third-order valence-electron chi connectivity index (χ3n) is 2.29. The molecule has 0 spiro atoms. The first-order valence-electron chi connectivity index (χ1n) is 4.25. The molecule has 0 saturated heterocycles. The molecule has 2 heterocycles. The summed E-state index contributed by atoms with van der Waals surface area (Å²) >= 11 is 0. The van der Waals surface area contributed by atoms with Gasteiger partial charge in [0.2, 0.25) is 0 Å². The van der Waals surface area contributed by atoms with Gasteiger partial charge >= 0.3 is 0 Å². The molecule has 2 rings (SSSR count). The van der Waals surface area contributed by atoms with E-state index >= 15 is 0 Å². The lowest BCUT2D eigenvalue weighted by molar-refractivity contribution is 0.267. The molecule has 66 valence electrons. The number of aryl methyl sites for hydroxylation is 1. The first-order valence-corrected chi connectivity index (χ1v) is 4.25. The van der Waals surface area contributed by atoms with E-state index in [4.69, 9.17) is 5.11 Å². The van der Waals surface area contributed by atoms with Crippen LogP contribution >= 0.6 is 0 Å². The molecule has 1 aromatic heterocycles. The monoisotopic (exact) mass is 167 g/mol. The topological polar surface area (TPSA) is 50.1 Å². The minimum absolute atomic E-state index is 0.0951. The maximum absolute atomic E-state index is 9.11. The average Bonchev–Trinajstić information content (AvgIpc) is 2.61. The van der Waals surface area contributed by atoms with Gasteiger partial charge in [0.05, 0.1) is 18.0 Å². The summed E-state index contributed by atoms with van der Waals surface area (Å²) in [6.07, 6.45) is 0. The van der Waals surface area contributed by atoms with Crippen molar-refractivity contribution in [1.29, 1.82) is 0 Å². The van der Waals surface area contributed by atoms with Gasteiger partial charge in [-0.25, -0.2) is 0 Å². The number of fused-ring (bicyclic) bond motifs is 1. The van der Waals surface area contributed by atoms with Gasteiger partial charge in [0.25, 0.3) is 0 Å². The molecule has 0 aliphatic carbocycles. The van der Waals surface area contributed by atoms with Gasteiger partial charge in [0, 0.05) is 25.2 Å². The van der Waals surface area contributed by atoms with Crippen LogP contribution in [0.1, 0.15) is 23.9 Å². The molecule has 12 heavy (non-hydrogen) atoms. The molecule has 1 aliphatic rings. The standard InChI is InChI=1S/C8H13N3O/c1-2-11-8(5-12)6-3-9-4-7(6)10-11/h9,12H,2-5H2,1H3. The van der Waals surface area contributed by atoms with E-state index in [-0.39, 0.29) is 6.61 Å². The lowest BCUT2D eigenvalue weighted by Gasteiger charge is -2.02. The second-order valence-corrected chi connectivity index (χ2v) is 2.95. The Morgan fingerprint density at radius 1 is 1.58 bits per heavy atom. The van der Waals surface area contributed by atoms with Crippen LogP contribution in [-0.4, -0.2) is 14.9 Å². The number of hydrogen-bond acceptors (Lipinski definition) is 3. The molecule has 0 bridgehead atoms. The van der Waals surface area contributed by atoms with Crippen LogP contribution in [0.4, 0.5) is 0 Å². The van der Waals surface area contributed by atoms with E-state index in [1.165, 1.54) is 5.56 Å².